The lowest BCUT2D eigenvalue weighted by Gasteiger charge is -2.37. The second kappa shape index (κ2) is 3.60. The van der Waals surface area contributed by atoms with Crippen LogP contribution in [0.3, 0.4) is 0 Å². The Bertz CT molecular complexity index is 510. The van der Waals surface area contributed by atoms with Crippen molar-refractivity contribution < 1.29 is 14.3 Å². The van der Waals surface area contributed by atoms with Gasteiger partial charge in [-0.1, -0.05) is 33.5 Å². The minimum Gasteiger partial charge on any atom is -0.458 e. The van der Waals surface area contributed by atoms with Gasteiger partial charge in [0.2, 0.25) is 0 Å². The SMILES string of the molecule is CC1(C)C[C@@H]2CC(=O)C3=C([Si](C)(C)C)C(=O)O[C@H]1[C@@H]32. The van der Waals surface area contributed by atoms with E-state index in [1.807, 2.05) is 0 Å². The van der Waals surface area contributed by atoms with Gasteiger partial charge in [-0.05, 0) is 12.3 Å². The number of hydrogen-bond donors (Lipinski definition) is 0. The molecule has 0 N–H and O–H groups in total. The molecular formula is C15H22O3Si. The largest absolute Gasteiger partial charge is 0.458 e. The van der Waals surface area contributed by atoms with Crippen LogP contribution in [0.5, 0.6) is 0 Å². The van der Waals surface area contributed by atoms with E-state index in [0.29, 0.717) is 12.3 Å². The molecule has 0 amide bonds. The molecule has 0 saturated heterocycles. The fourth-order valence-electron chi connectivity index (χ4n) is 4.31. The Hall–Kier alpha value is -0.903. The summed E-state index contributed by atoms with van der Waals surface area (Å²) < 4.78 is 5.78. The number of Topliss-reactive ketones (excluding diaryl/α,β-unsaturated/α-hetero) is 1. The first kappa shape index (κ1) is 13.1. The van der Waals surface area contributed by atoms with E-state index in [4.69, 9.17) is 4.74 Å². The Morgan fingerprint density at radius 3 is 2.42 bits per heavy atom. The fourth-order valence-corrected chi connectivity index (χ4v) is 6.09. The lowest BCUT2D eigenvalue weighted by Crippen LogP contribution is -2.45. The summed E-state index contributed by atoms with van der Waals surface area (Å²) in [6, 6.07) is 0. The molecule has 0 radical (unpaired) electrons. The van der Waals surface area contributed by atoms with E-state index in [-0.39, 0.29) is 29.2 Å². The molecule has 0 aromatic carbocycles. The van der Waals surface area contributed by atoms with E-state index in [0.717, 1.165) is 17.2 Å². The van der Waals surface area contributed by atoms with Gasteiger partial charge in [-0.15, -0.1) is 0 Å². The molecule has 19 heavy (non-hydrogen) atoms. The molecule has 2 saturated carbocycles. The van der Waals surface area contributed by atoms with E-state index in [2.05, 4.69) is 33.5 Å². The Labute approximate surface area is 115 Å². The predicted molar refractivity (Wildman–Crippen MR) is 75.3 cm³/mol. The number of ketones is 1. The summed E-state index contributed by atoms with van der Waals surface area (Å²) >= 11 is 0. The van der Waals surface area contributed by atoms with Crippen LogP contribution < -0.4 is 0 Å². The number of esters is 1. The van der Waals surface area contributed by atoms with Crippen LogP contribution in [0, 0.1) is 17.3 Å². The van der Waals surface area contributed by atoms with Crippen molar-refractivity contribution in [1.82, 2.24) is 0 Å². The molecule has 0 aromatic heterocycles. The third-order valence-electron chi connectivity index (χ3n) is 4.93. The first-order valence-electron chi connectivity index (χ1n) is 7.12. The van der Waals surface area contributed by atoms with Crippen molar-refractivity contribution in [3.05, 3.63) is 10.8 Å². The quantitative estimate of drug-likeness (QED) is 0.547. The lowest BCUT2D eigenvalue weighted by molar-refractivity contribution is -0.152. The predicted octanol–water partition coefficient (Wildman–Crippen LogP) is 2.72. The van der Waals surface area contributed by atoms with Gasteiger partial charge in [0.1, 0.15) is 6.10 Å². The second-order valence-electron chi connectivity index (χ2n) is 7.97. The van der Waals surface area contributed by atoms with Gasteiger partial charge in [0.05, 0.1) is 8.07 Å². The van der Waals surface area contributed by atoms with Gasteiger partial charge in [0.25, 0.3) is 0 Å². The zero-order valence-electron chi connectivity index (χ0n) is 12.4. The van der Waals surface area contributed by atoms with Gasteiger partial charge in [-0.25, -0.2) is 4.79 Å². The van der Waals surface area contributed by atoms with Gasteiger partial charge in [-0.3, -0.25) is 4.79 Å². The summed E-state index contributed by atoms with van der Waals surface area (Å²) in [5.74, 6) is 0.577. The Balaban J connectivity index is 2.20. The van der Waals surface area contributed by atoms with E-state index in [9.17, 15) is 9.59 Å². The molecule has 3 rings (SSSR count). The normalized spacial score (nSPS) is 36.6. The van der Waals surface area contributed by atoms with Gasteiger partial charge in [0, 0.05) is 28.5 Å². The van der Waals surface area contributed by atoms with Crippen LogP contribution >= 0.6 is 0 Å². The van der Waals surface area contributed by atoms with E-state index >= 15 is 0 Å². The average Bonchev–Trinajstić information content (AvgIpc) is 2.63. The first-order chi connectivity index (χ1) is 8.63. The molecule has 1 heterocycles. The molecule has 1 aliphatic heterocycles. The lowest BCUT2D eigenvalue weighted by atomic mass is 9.83. The van der Waals surface area contributed by atoms with Crippen molar-refractivity contribution in [3.63, 3.8) is 0 Å². The highest BCUT2D eigenvalue weighted by Gasteiger charge is 2.60. The topological polar surface area (TPSA) is 43.4 Å². The molecule has 2 aliphatic carbocycles. The zero-order valence-corrected chi connectivity index (χ0v) is 13.4. The Morgan fingerprint density at radius 2 is 1.84 bits per heavy atom. The van der Waals surface area contributed by atoms with Crippen molar-refractivity contribution >= 4 is 19.8 Å². The van der Waals surface area contributed by atoms with Crippen molar-refractivity contribution in [2.24, 2.45) is 17.3 Å². The van der Waals surface area contributed by atoms with Gasteiger partial charge in [0.15, 0.2) is 5.78 Å². The zero-order chi connectivity index (χ0) is 14.2. The molecule has 3 nitrogen and oxygen atoms in total. The molecule has 104 valence electrons. The summed E-state index contributed by atoms with van der Waals surface area (Å²) in [4.78, 5) is 24.8. The van der Waals surface area contributed by atoms with Crippen molar-refractivity contribution in [3.8, 4) is 0 Å². The minimum atomic E-state index is -1.84. The molecular weight excluding hydrogens is 256 g/mol. The van der Waals surface area contributed by atoms with Crippen LogP contribution in [-0.4, -0.2) is 25.9 Å². The van der Waals surface area contributed by atoms with E-state index < -0.39 is 8.07 Å². The van der Waals surface area contributed by atoms with Crippen LogP contribution in [-0.2, 0) is 14.3 Å². The van der Waals surface area contributed by atoms with Crippen LogP contribution in [0.2, 0.25) is 19.6 Å². The third kappa shape index (κ3) is 1.68. The maximum atomic E-state index is 12.4. The number of carbonyl (C=O) groups excluding carboxylic acids is 2. The smallest absolute Gasteiger partial charge is 0.330 e. The highest BCUT2D eigenvalue weighted by molar-refractivity contribution is 6.87. The number of carbonyl (C=O) groups is 2. The highest BCUT2D eigenvalue weighted by Crippen LogP contribution is 2.58. The Kier molecular flexibility index (Phi) is 2.48. The molecule has 2 fully saturated rings. The molecule has 0 bridgehead atoms. The average molecular weight is 278 g/mol. The first-order valence-corrected chi connectivity index (χ1v) is 10.6. The van der Waals surface area contributed by atoms with Gasteiger partial charge in [-0.2, -0.15) is 0 Å². The van der Waals surface area contributed by atoms with E-state index in [1.165, 1.54) is 0 Å². The van der Waals surface area contributed by atoms with Crippen LogP contribution in [0.4, 0.5) is 0 Å². The Morgan fingerprint density at radius 1 is 1.21 bits per heavy atom. The summed E-state index contributed by atoms with van der Waals surface area (Å²) in [5.41, 5.74) is 0.859. The highest BCUT2D eigenvalue weighted by atomic mass is 28.3. The summed E-state index contributed by atoms with van der Waals surface area (Å²) in [6.45, 7) is 10.7. The maximum absolute atomic E-state index is 12.4. The van der Waals surface area contributed by atoms with Crippen LogP contribution in [0.15, 0.2) is 10.8 Å². The fraction of sp³-hybridized carbons (Fsp3) is 0.733. The minimum absolute atomic E-state index is 0.00190. The van der Waals surface area contributed by atoms with Gasteiger partial charge >= 0.3 is 5.97 Å². The number of hydrogen-bond acceptors (Lipinski definition) is 3. The third-order valence-corrected chi connectivity index (χ3v) is 6.90. The van der Waals surface area contributed by atoms with Crippen molar-refractivity contribution in [2.45, 2.75) is 52.4 Å². The summed E-state index contributed by atoms with van der Waals surface area (Å²) in [7, 11) is -1.84. The van der Waals surface area contributed by atoms with Gasteiger partial charge < -0.3 is 4.74 Å². The summed E-state index contributed by atoms with van der Waals surface area (Å²) in [6.07, 6.45) is 1.51. The standard InChI is InChI=1S/C15H22O3Si/c1-15(2)7-8-6-9(16)11-10(8)13(15)18-14(17)12(11)19(3,4)5/h8,10,13H,6-7H2,1-5H3/t8-,10+,13-/m0/s1. The maximum Gasteiger partial charge on any atom is 0.330 e. The molecule has 4 heteroatoms. The monoisotopic (exact) mass is 278 g/mol. The molecule has 0 unspecified atom stereocenters. The summed E-state index contributed by atoms with van der Waals surface area (Å²) in [5, 5.41) is 0.763. The molecule has 0 aromatic rings. The van der Waals surface area contributed by atoms with Crippen LogP contribution in [0.1, 0.15) is 26.7 Å². The second-order valence-corrected chi connectivity index (χ2v) is 13.0. The number of rotatable bonds is 1. The van der Waals surface area contributed by atoms with Crippen molar-refractivity contribution in [1.29, 1.82) is 0 Å². The molecule has 3 atom stereocenters. The molecule has 0 spiro atoms. The van der Waals surface area contributed by atoms with Crippen molar-refractivity contribution in [2.75, 3.05) is 0 Å². The van der Waals surface area contributed by atoms with E-state index in [1.54, 1.807) is 0 Å². The number of ether oxygens (including phenoxy) is 1. The molecule has 3 aliphatic rings. The van der Waals surface area contributed by atoms with Crippen LogP contribution in [0.25, 0.3) is 0 Å².